The molecular weight excluding hydrogens is 392 g/mol. The first-order chi connectivity index (χ1) is 15.2. The number of carbonyl (C=O) groups is 2. The van der Waals surface area contributed by atoms with Crippen molar-refractivity contribution in [3.63, 3.8) is 0 Å². The van der Waals surface area contributed by atoms with Crippen LogP contribution in [0.4, 0.5) is 0 Å². The van der Waals surface area contributed by atoms with Gasteiger partial charge in [0.15, 0.2) is 12.4 Å². The number of carbonyl (C=O) groups excluding carboxylic acids is 2. The number of fused-ring (bicyclic) bond motifs is 2. The van der Waals surface area contributed by atoms with E-state index < -0.39 is 5.97 Å². The van der Waals surface area contributed by atoms with E-state index in [1.165, 1.54) is 5.56 Å². The van der Waals surface area contributed by atoms with Crippen LogP contribution in [-0.4, -0.2) is 35.1 Å². The second-order valence-corrected chi connectivity index (χ2v) is 7.52. The second-order valence-electron chi connectivity index (χ2n) is 7.52. The van der Waals surface area contributed by atoms with Crippen LogP contribution in [0.1, 0.15) is 21.5 Å². The largest absolute Gasteiger partial charge is 0.452 e. The number of hydrogen-bond acceptors (Lipinski definition) is 5. The Morgan fingerprint density at radius 3 is 2.58 bits per heavy atom. The van der Waals surface area contributed by atoms with Gasteiger partial charge in [-0.25, -0.2) is 4.79 Å². The average Bonchev–Trinajstić information content (AvgIpc) is 3.26. The molecule has 1 aromatic heterocycles. The summed E-state index contributed by atoms with van der Waals surface area (Å²) >= 11 is 0. The van der Waals surface area contributed by atoms with Crippen molar-refractivity contribution in [2.75, 3.05) is 13.2 Å². The zero-order chi connectivity index (χ0) is 21.2. The van der Waals surface area contributed by atoms with Crippen molar-refractivity contribution < 1.29 is 18.8 Å². The van der Waals surface area contributed by atoms with E-state index in [1.807, 2.05) is 48.5 Å². The Bertz CT molecular complexity index is 1260. The molecule has 6 nitrogen and oxygen atoms in total. The van der Waals surface area contributed by atoms with Crippen molar-refractivity contribution in [3.8, 4) is 11.3 Å². The van der Waals surface area contributed by atoms with E-state index in [2.05, 4.69) is 11.2 Å². The summed E-state index contributed by atoms with van der Waals surface area (Å²) in [7, 11) is 0. The first kappa shape index (κ1) is 19.1. The van der Waals surface area contributed by atoms with Crippen LogP contribution in [0.15, 0.2) is 77.3 Å². The number of ether oxygens (including phenoxy) is 1. The van der Waals surface area contributed by atoms with E-state index in [-0.39, 0.29) is 12.5 Å². The molecule has 0 fully saturated rings. The van der Waals surface area contributed by atoms with Gasteiger partial charge in [-0.2, -0.15) is 0 Å². The minimum Gasteiger partial charge on any atom is -0.452 e. The van der Waals surface area contributed by atoms with Crippen molar-refractivity contribution in [2.45, 2.75) is 13.0 Å². The summed E-state index contributed by atoms with van der Waals surface area (Å²) in [5.74, 6) is -0.153. The number of rotatable bonds is 4. The summed E-state index contributed by atoms with van der Waals surface area (Å²) in [6, 6.07) is 22.7. The Kier molecular flexibility index (Phi) is 4.96. The summed E-state index contributed by atoms with van der Waals surface area (Å²) in [6.45, 7) is 0.883. The van der Waals surface area contributed by atoms with E-state index in [4.69, 9.17) is 9.26 Å². The maximum absolute atomic E-state index is 12.6. The lowest BCUT2D eigenvalue weighted by molar-refractivity contribution is -0.135. The smallest absolute Gasteiger partial charge is 0.338 e. The molecule has 5 rings (SSSR count). The molecule has 0 atom stereocenters. The highest BCUT2D eigenvalue weighted by molar-refractivity contribution is 5.99. The number of esters is 1. The molecule has 0 saturated carbocycles. The van der Waals surface area contributed by atoms with Crippen LogP contribution >= 0.6 is 0 Å². The maximum Gasteiger partial charge on any atom is 0.338 e. The molecule has 31 heavy (non-hydrogen) atoms. The number of aromatic nitrogens is 1. The Morgan fingerprint density at radius 1 is 0.968 bits per heavy atom. The predicted octanol–water partition coefficient (Wildman–Crippen LogP) is 4.24. The fourth-order valence-electron chi connectivity index (χ4n) is 3.88. The monoisotopic (exact) mass is 412 g/mol. The van der Waals surface area contributed by atoms with Crippen LogP contribution in [0.25, 0.3) is 22.2 Å². The van der Waals surface area contributed by atoms with E-state index in [9.17, 15) is 9.59 Å². The van der Waals surface area contributed by atoms with Crippen LogP contribution in [0, 0.1) is 0 Å². The molecule has 1 aliphatic rings. The summed E-state index contributed by atoms with van der Waals surface area (Å²) in [5.41, 5.74) is 4.28. The molecule has 1 amide bonds. The molecule has 4 aromatic rings. The van der Waals surface area contributed by atoms with E-state index in [0.29, 0.717) is 29.9 Å². The maximum atomic E-state index is 12.6. The standard InChI is InChI=1S/C25H20N2O4/c28-23(27-13-12-17-6-4-5-9-20(17)15-27)16-30-25(29)19-10-11-22-21(14-19)24(31-26-22)18-7-2-1-3-8-18/h1-11,14H,12-13,15-16H2. The third-order valence-corrected chi connectivity index (χ3v) is 5.56. The minimum absolute atomic E-state index is 0.195. The second kappa shape index (κ2) is 8.07. The Labute approximate surface area is 179 Å². The number of hydrogen-bond donors (Lipinski definition) is 0. The molecule has 0 spiro atoms. The third kappa shape index (κ3) is 3.80. The summed E-state index contributed by atoms with van der Waals surface area (Å²) in [4.78, 5) is 26.9. The van der Waals surface area contributed by atoms with E-state index in [1.54, 1.807) is 23.1 Å². The Hall–Kier alpha value is -3.93. The van der Waals surface area contributed by atoms with Crippen LogP contribution < -0.4 is 0 Å². The highest BCUT2D eigenvalue weighted by Gasteiger charge is 2.22. The van der Waals surface area contributed by atoms with Gasteiger partial charge in [0.1, 0.15) is 5.52 Å². The zero-order valence-electron chi connectivity index (χ0n) is 16.8. The molecule has 0 unspecified atom stereocenters. The van der Waals surface area contributed by atoms with Gasteiger partial charge in [-0.3, -0.25) is 4.79 Å². The quantitative estimate of drug-likeness (QED) is 0.469. The fraction of sp³-hybridized carbons (Fsp3) is 0.160. The van der Waals surface area contributed by atoms with Gasteiger partial charge in [0.2, 0.25) is 0 Å². The molecule has 2 heterocycles. The Balaban J connectivity index is 1.28. The number of nitrogens with zero attached hydrogens (tertiary/aromatic N) is 2. The molecule has 154 valence electrons. The van der Waals surface area contributed by atoms with Gasteiger partial charge in [0, 0.05) is 18.7 Å². The molecule has 0 aliphatic carbocycles. The lowest BCUT2D eigenvalue weighted by Gasteiger charge is -2.28. The molecule has 0 radical (unpaired) electrons. The minimum atomic E-state index is -0.548. The molecule has 0 N–H and O–H groups in total. The Morgan fingerprint density at radius 2 is 1.74 bits per heavy atom. The molecule has 3 aromatic carbocycles. The van der Waals surface area contributed by atoms with Crippen LogP contribution in [0.5, 0.6) is 0 Å². The van der Waals surface area contributed by atoms with Gasteiger partial charge in [-0.05, 0) is 35.7 Å². The summed E-state index contributed by atoms with van der Waals surface area (Å²) in [5, 5.41) is 4.78. The predicted molar refractivity (Wildman–Crippen MR) is 115 cm³/mol. The summed E-state index contributed by atoms with van der Waals surface area (Å²) < 4.78 is 10.8. The van der Waals surface area contributed by atoms with Crippen LogP contribution in [0.3, 0.4) is 0 Å². The summed E-state index contributed by atoms with van der Waals surface area (Å²) in [6.07, 6.45) is 0.808. The molecule has 1 aliphatic heterocycles. The third-order valence-electron chi connectivity index (χ3n) is 5.56. The first-order valence-corrected chi connectivity index (χ1v) is 10.2. The van der Waals surface area contributed by atoms with Crippen molar-refractivity contribution in [1.82, 2.24) is 10.1 Å². The lowest BCUT2D eigenvalue weighted by atomic mass is 10.00. The van der Waals surface area contributed by atoms with Gasteiger partial charge >= 0.3 is 5.97 Å². The number of amides is 1. The molecule has 6 heteroatoms. The highest BCUT2D eigenvalue weighted by Crippen LogP contribution is 2.29. The normalized spacial score (nSPS) is 13.1. The van der Waals surface area contributed by atoms with Crippen molar-refractivity contribution in [2.24, 2.45) is 0 Å². The lowest BCUT2D eigenvalue weighted by Crippen LogP contribution is -2.38. The fourth-order valence-corrected chi connectivity index (χ4v) is 3.88. The van der Waals surface area contributed by atoms with Gasteiger partial charge in [-0.1, -0.05) is 59.8 Å². The van der Waals surface area contributed by atoms with Crippen molar-refractivity contribution >= 4 is 22.8 Å². The SMILES string of the molecule is O=C(OCC(=O)N1CCc2ccccc2C1)c1ccc2noc(-c3ccccc3)c2c1. The molecular formula is C25H20N2O4. The van der Waals surface area contributed by atoms with Gasteiger partial charge in [0.25, 0.3) is 5.91 Å². The molecule has 0 bridgehead atoms. The topological polar surface area (TPSA) is 72.6 Å². The van der Waals surface area contributed by atoms with E-state index >= 15 is 0 Å². The van der Waals surface area contributed by atoms with Gasteiger partial charge in [-0.15, -0.1) is 0 Å². The zero-order valence-corrected chi connectivity index (χ0v) is 16.8. The average molecular weight is 412 g/mol. The van der Waals surface area contributed by atoms with Gasteiger partial charge in [0.05, 0.1) is 10.9 Å². The highest BCUT2D eigenvalue weighted by atomic mass is 16.5. The number of benzene rings is 3. The van der Waals surface area contributed by atoms with E-state index in [0.717, 1.165) is 22.9 Å². The van der Waals surface area contributed by atoms with Crippen LogP contribution in [-0.2, 0) is 22.5 Å². The van der Waals surface area contributed by atoms with Gasteiger partial charge < -0.3 is 14.2 Å². The van der Waals surface area contributed by atoms with Crippen LogP contribution in [0.2, 0.25) is 0 Å². The van der Waals surface area contributed by atoms with Crippen molar-refractivity contribution in [1.29, 1.82) is 0 Å². The molecule has 0 saturated heterocycles. The first-order valence-electron chi connectivity index (χ1n) is 10.2. The van der Waals surface area contributed by atoms with Crippen molar-refractivity contribution in [3.05, 3.63) is 89.5 Å².